The molecule has 0 radical (unpaired) electrons. The van der Waals surface area contributed by atoms with Gasteiger partial charge in [-0.25, -0.2) is 4.79 Å². The normalized spacial score (nSPS) is 14.2. The number of fused-ring (bicyclic) bond motifs is 1. The van der Waals surface area contributed by atoms with Gasteiger partial charge in [0.2, 0.25) is 0 Å². The molecule has 4 rings (SSSR count). The Labute approximate surface area is 181 Å². The maximum Gasteiger partial charge on any atom is 0.322 e. The second-order valence-electron chi connectivity index (χ2n) is 8.14. The highest BCUT2D eigenvalue weighted by atomic mass is 35.5. The number of benzene rings is 2. The van der Waals surface area contributed by atoms with Gasteiger partial charge < -0.3 is 15.2 Å². The zero-order valence-corrected chi connectivity index (χ0v) is 18.1. The lowest BCUT2D eigenvalue weighted by atomic mass is 10.0. The molecule has 1 heterocycles. The molecule has 0 atom stereocenters. The van der Waals surface area contributed by atoms with E-state index in [1.807, 2.05) is 38.1 Å². The largest absolute Gasteiger partial charge is 0.322 e. The van der Waals surface area contributed by atoms with Gasteiger partial charge >= 0.3 is 6.03 Å². The first-order valence-electron chi connectivity index (χ1n) is 10.4. The first-order valence-corrected chi connectivity index (χ1v) is 10.8. The van der Waals surface area contributed by atoms with E-state index >= 15 is 0 Å². The van der Waals surface area contributed by atoms with Crippen LogP contribution in [0.5, 0.6) is 0 Å². The minimum absolute atomic E-state index is 0.113. The van der Waals surface area contributed by atoms with E-state index in [-0.39, 0.29) is 24.2 Å². The first kappa shape index (κ1) is 20.5. The molecule has 1 aliphatic carbocycles. The van der Waals surface area contributed by atoms with Crippen LogP contribution in [-0.2, 0) is 6.54 Å². The molecule has 5 nitrogen and oxygen atoms in total. The van der Waals surface area contributed by atoms with E-state index in [0.717, 1.165) is 47.7 Å². The minimum Gasteiger partial charge on any atom is -0.322 e. The molecule has 6 heteroatoms. The lowest BCUT2D eigenvalue weighted by Crippen LogP contribution is -2.42. The molecule has 1 aliphatic rings. The number of aromatic amines is 1. The Morgan fingerprint density at radius 3 is 2.63 bits per heavy atom. The number of carbonyl (C=O) groups excluding carboxylic acids is 1. The van der Waals surface area contributed by atoms with Crippen molar-refractivity contribution in [2.24, 2.45) is 0 Å². The van der Waals surface area contributed by atoms with Crippen molar-refractivity contribution < 1.29 is 4.79 Å². The third-order valence-corrected chi connectivity index (χ3v) is 6.20. The summed E-state index contributed by atoms with van der Waals surface area (Å²) in [6, 6.07) is 13.1. The number of anilines is 1. The summed E-state index contributed by atoms with van der Waals surface area (Å²) in [5, 5.41) is 4.43. The molecular weight excluding hydrogens is 398 g/mol. The number of hydrogen-bond donors (Lipinski definition) is 2. The van der Waals surface area contributed by atoms with E-state index in [2.05, 4.69) is 16.4 Å². The summed E-state index contributed by atoms with van der Waals surface area (Å²) in [7, 11) is 0. The number of nitrogens with zero attached hydrogens (tertiary/aromatic N) is 1. The predicted molar refractivity (Wildman–Crippen MR) is 122 cm³/mol. The third kappa shape index (κ3) is 4.21. The number of H-pyrrole nitrogens is 1. The number of hydrogen-bond acceptors (Lipinski definition) is 2. The van der Waals surface area contributed by atoms with Crippen LogP contribution >= 0.6 is 11.6 Å². The van der Waals surface area contributed by atoms with Gasteiger partial charge in [-0.3, -0.25) is 4.79 Å². The van der Waals surface area contributed by atoms with Crippen LogP contribution in [0.4, 0.5) is 10.5 Å². The fourth-order valence-electron chi connectivity index (χ4n) is 4.35. The number of urea groups is 1. The Kier molecular flexibility index (Phi) is 5.82. The van der Waals surface area contributed by atoms with E-state index in [9.17, 15) is 9.59 Å². The SMILES string of the molecule is Cc1cc(C)c2cc(CN(C(=O)Nc3ccccc3Cl)C3CCCC3)c(=O)[nH]c2c1. The molecule has 0 aliphatic heterocycles. The van der Waals surface area contributed by atoms with Gasteiger partial charge in [0.05, 0.1) is 17.3 Å². The number of para-hydroxylation sites is 1. The van der Waals surface area contributed by atoms with E-state index in [4.69, 9.17) is 11.6 Å². The third-order valence-electron chi connectivity index (χ3n) is 5.87. The number of aromatic nitrogens is 1. The topological polar surface area (TPSA) is 65.2 Å². The second-order valence-corrected chi connectivity index (χ2v) is 8.55. The molecule has 0 spiro atoms. The molecule has 1 aromatic heterocycles. The minimum atomic E-state index is -0.227. The molecule has 0 bridgehead atoms. The summed E-state index contributed by atoms with van der Waals surface area (Å²) in [5.74, 6) is 0. The van der Waals surface area contributed by atoms with Crippen LogP contribution < -0.4 is 10.9 Å². The molecular formula is C24H26ClN3O2. The zero-order valence-electron chi connectivity index (χ0n) is 17.3. The van der Waals surface area contributed by atoms with Crippen molar-refractivity contribution in [3.05, 3.63) is 74.5 Å². The summed E-state index contributed by atoms with van der Waals surface area (Å²) < 4.78 is 0. The maximum atomic E-state index is 13.2. The van der Waals surface area contributed by atoms with Crippen LogP contribution in [-0.4, -0.2) is 22.0 Å². The number of amides is 2. The van der Waals surface area contributed by atoms with E-state index in [1.165, 1.54) is 0 Å². The van der Waals surface area contributed by atoms with E-state index in [1.54, 1.807) is 17.0 Å². The van der Waals surface area contributed by atoms with Gasteiger partial charge in [-0.2, -0.15) is 0 Å². The Bertz CT molecular complexity index is 1150. The van der Waals surface area contributed by atoms with Crippen LogP contribution in [0.1, 0.15) is 42.4 Å². The summed E-state index contributed by atoms with van der Waals surface area (Å²) in [5.41, 5.74) is 4.06. The molecule has 0 saturated heterocycles. The average molecular weight is 424 g/mol. The van der Waals surface area contributed by atoms with Crippen LogP contribution in [0.2, 0.25) is 5.02 Å². The number of halogens is 1. The van der Waals surface area contributed by atoms with Gasteiger partial charge in [-0.15, -0.1) is 0 Å². The molecule has 1 saturated carbocycles. The van der Waals surface area contributed by atoms with E-state index < -0.39 is 0 Å². The number of rotatable bonds is 4. The van der Waals surface area contributed by atoms with Gasteiger partial charge in [0.25, 0.3) is 5.56 Å². The lowest BCUT2D eigenvalue weighted by molar-refractivity contribution is 0.184. The van der Waals surface area contributed by atoms with E-state index in [0.29, 0.717) is 16.3 Å². The number of pyridine rings is 1. The molecule has 30 heavy (non-hydrogen) atoms. The highest BCUT2D eigenvalue weighted by Crippen LogP contribution is 2.27. The summed E-state index contributed by atoms with van der Waals surface area (Å²) in [6.07, 6.45) is 4.07. The summed E-state index contributed by atoms with van der Waals surface area (Å²) in [4.78, 5) is 30.8. The van der Waals surface area contributed by atoms with Gasteiger partial charge in [-0.1, -0.05) is 42.6 Å². The predicted octanol–water partition coefficient (Wildman–Crippen LogP) is 5.78. The standard InChI is InChI=1S/C24H26ClN3O2/c1-15-11-16(2)19-13-17(23(29)26-22(19)12-15)14-28(18-7-3-4-8-18)24(30)27-21-10-6-5-9-20(21)25/h5-6,9-13,18H,3-4,7-8,14H2,1-2H3,(H,26,29)(H,27,30). The fourth-order valence-corrected chi connectivity index (χ4v) is 4.53. The number of aryl methyl sites for hydroxylation is 2. The fraction of sp³-hybridized carbons (Fsp3) is 0.333. The Morgan fingerprint density at radius 1 is 1.17 bits per heavy atom. The highest BCUT2D eigenvalue weighted by molar-refractivity contribution is 6.33. The van der Waals surface area contributed by atoms with Crippen molar-refractivity contribution in [3.63, 3.8) is 0 Å². The van der Waals surface area contributed by atoms with Gasteiger partial charge in [0.15, 0.2) is 0 Å². The van der Waals surface area contributed by atoms with Crippen molar-refractivity contribution in [3.8, 4) is 0 Å². The first-order chi connectivity index (χ1) is 14.4. The summed E-state index contributed by atoms with van der Waals surface area (Å²) in [6.45, 7) is 4.31. The zero-order chi connectivity index (χ0) is 21.3. The molecule has 3 aromatic rings. The quantitative estimate of drug-likeness (QED) is 0.559. The Morgan fingerprint density at radius 2 is 1.90 bits per heavy atom. The van der Waals surface area contributed by atoms with Gasteiger partial charge in [0.1, 0.15) is 0 Å². The average Bonchev–Trinajstić information content (AvgIpc) is 3.22. The Balaban J connectivity index is 1.67. The molecule has 0 unspecified atom stereocenters. The van der Waals surface area contributed by atoms with Crippen molar-refractivity contribution in [2.75, 3.05) is 5.32 Å². The Hall–Kier alpha value is -2.79. The van der Waals surface area contributed by atoms with Gasteiger partial charge in [-0.05, 0) is 62.1 Å². The van der Waals surface area contributed by atoms with Gasteiger partial charge in [0, 0.05) is 22.5 Å². The highest BCUT2D eigenvalue weighted by Gasteiger charge is 2.28. The molecule has 2 amide bonds. The molecule has 1 fully saturated rings. The molecule has 2 N–H and O–H groups in total. The lowest BCUT2D eigenvalue weighted by Gasteiger charge is -2.29. The smallest absolute Gasteiger partial charge is 0.322 e. The van der Waals surface area contributed by atoms with Crippen LogP contribution in [0.3, 0.4) is 0 Å². The van der Waals surface area contributed by atoms with Crippen molar-refractivity contribution in [1.82, 2.24) is 9.88 Å². The van der Waals surface area contributed by atoms with Crippen molar-refractivity contribution in [1.29, 1.82) is 0 Å². The second kappa shape index (κ2) is 8.52. The van der Waals surface area contributed by atoms with Crippen molar-refractivity contribution in [2.45, 2.75) is 52.1 Å². The summed E-state index contributed by atoms with van der Waals surface area (Å²) >= 11 is 6.23. The van der Waals surface area contributed by atoms with Crippen LogP contribution in [0.15, 0.2) is 47.3 Å². The van der Waals surface area contributed by atoms with Crippen LogP contribution in [0.25, 0.3) is 10.9 Å². The molecule has 2 aromatic carbocycles. The molecule has 156 valence electrons. The van der Waals surface area contributed by atoms with Crippen LogP contribution in [0, 0.1) is 13.8 Å². The number of carbonyl (C=O) groups is 1. The number of nitrogens with one attached hydrogen (secondary N) is 2. The van der Waals surface area contributed by atoms with Crippen molar-refractivity contribution >= 4 is 34.2 Å². The monoisotopic (exact) mass is 423 g/mol. The maximum absolute atomic E-state index is 13.2.